The standard InChI is InChI=1S/C20H17Cl2N3O/c1-25(2)12-16(19(26)15-9-8-14(21)10-17(15)22)20-23-11-18(24-20)13-6-4-3-5-7-13/h3-12H,1-2H3,(H,23,24). The van der Waals surface area contributed by atoms with E-state index in [1.807, 2.05) is 44.4 Å². The number of allylic oxidation sites excluding steroid dienone is 1. The van der Waals surface area contributed by atoms with Crippen LogP contribution in [-0.4, -0.2) is 34.7 Å². The van der Waals surface area contributed by atoms with Crippen LogP contribution in [0.1, 0.15) is 16.2 Å². The Morgan fingerprint density at radius 1 is 1.12 bits per heavy atom. The normalized spacial score (nSPS) is 11.5. The van der Waals surface area contributed by atoms with Gasteiger partial charge < -0.3 is 9.88 Å². The molecule has 0 radical (unpaired) electrons. The number of hydrogen-bond acceptors (Lipinski definition) is 3. The van der Waals surface area contributed by atoms with Gasteiger partial charge in [-0.25, -0.2) is 4.98 Å². The summed E-state index contributed by atoms with van der Waals surface area (Å²) in [4.78, 5) is 22.6. The highest BCUT2D eigenvalue weighted by molar-refractivity contribution is 6.40. The number of aromatic amines is 1. The molecule has 4 nitrogen and oxygen atoms in total. The number of carbonyl (C=O) groups excluding carboxylic acids is 1. The van der Waals surface area contributed by atoms with Crippen molar-refractivity contribution in [2.75, 3.05) is 14.1 Å². The predicted octanol–water partition coefficient (Wildman–Crippen LogP) is 5.17. The molecule has 0 atom stereocenters. The van der Waals surface area contributed by atoms with Crippen molar-refractivity contribution in [3.63, 3.8) is 0 Å². The molecule has 0 saturated heterocycles. The molecule has 0 aliphatic rings. The van der Waals surface area contributed by atoms with Crippen LogP contribution in [0.4, 0.5) is 0 Å². The van der Waals surface area contributed by atoms with Crippen molar-refractivity contribution in [1.82, 2.24) is 14.9 Å². The number of halogens is 2. The summed E-state index contributed by atoms with van der Waals surface area (Å²) >= 11 is 12.2. The number of rotatable bonds is 5. The van der Waals surface area contributed by atoms with Crippen LogP contribution < -0.4 is 0 Å². The Balaban J connectivity index is 2.02. The number of aromatic nitrogens is 2. The Kier molecular flexibility index (Phi) is 5.45. The van der Waals surface area contributed by atoms with Crippen LogP contribution in [0.5, 0.6) is 0 Å². The number of benzene rings is 2. The maximum Gasteiger partial charge on any atom is 0.199 e. The Morgan fingerprint density at radius 3 is 2.50 bits per heavy atom. The summed E-state index contributed by atoms with van der Waals surface area (Å²) in [5, 5.41) is 0.788. The van der Waals surface area contributed by atoms with Crippen LogP contribution in [0, 0.1) is 0 Å². The number of Topliss-reactive ketones (excluding diaryl/α,β-unsaturated/α-hetero) is 1. The highest BCUT2D eigenvalue weighted by Crippen LogP contribution is 2.27. The van der Waals surface area contributed by atoms with Crippen molar-refractivity contribution < 1.29 is 4.79 Å². The van der Waals surface area contributed by atoms with Gasteiger partial charge in [-0.1, -0.05) is 53.5 Å². The predicted molar refractivity (Wildman–Crippen MR) is 106 cm³/mol. The van der Waals surface area contributed by atoms with Gasteiger partial charge in [-0.15, -0.1) is 0 Å². The third-order valence-electron chi connectivity index (χ3n) is 3.71. The molecular formula is C20H17Cl2N3O. The molecule has 0 spiro atoms. The topological polar surface area (TPSA) is 49.0 Å². The average Bonchev–Trinajstić information content (AvgIpc) is 3.09. The Labute approximate surface area is 162 Å². The number of carbonyl (C=O) groups is 1. The first-order chi connectivity index (χ1) is 12.5. The van der Waals surface area contributed by atoms with E-state index in [9.17, 15) is 4.79 Å². The molecule has 3 rings (SSSR count). The number of nitrogens with one attached hydrogen (secondary N) is 1. The first kappa shape index (κ1) is 18.2. The molecule has 0 amide bonds. The van der Waals surface area contributed by atoms with Crippen LogP contribution in [0.3, 0.4) is 0 Å². The van der Waals surface area contributed by atoms with Gasteiger partial charge in [-0.3, -0.25) is 4.79 Å². The second kappa shape index (κ2) is 7.77. The molecule has 1 aromatic heterocycles. The lowest BCUT2D eigenvalue weighted by Gasteiger charge is -2.11. The van der Waals surface area contributed by atoms with Crippen LogP contribution in [0.2, 0.25) is 10.0 Å². The molecule has 3 aromatic rings. The summed E-state index contributed by atoms with van der Waals surface area (Å²) in [6.45, 7) is 0. The van der Waals surface area contributed by atoms with Crippen LogP contribution >= 0.6 is 23.2 Å². The zero-order valence-corrected chi connectivity index (χ0v) is 15.8. The third kappa shape index (κ3) is 3.98. The summed E-state index contributed by atoms with van der Waals surface area (Å²) < 4.78 is 0. The van der Waals surface area contributed by atoms with E-state index in [4.69, 9.17) is 23.2 Å². The fourth-order valence-corrected chi connectivity index (χ4v) is 3.02. The number of H-pyrrole nitrogens is 1. The summed E-state index contributed by atoms with van der Waals surface area (Å²) in [5.41, 5.74) is 2.53. The van der Waals surface area contributed by atoms with Crippen molar-refractivity contribution in [3.8, 4) is 11.3 Å². The van der Waals surface area contributed by atoms with Gasteiger partial charge in [0.1, 0.15) is 5.82 Å². The van der Waals surface area contributed by atoms with Crippen LogP contribution in [0.15, 0.2) is 60.9 Å². The maximum absolute atomic E-state index is 13.1. The summed E-state index contributed by atoms with van der Waals surface area (Å²) in [6, 6.07) is 14.6. The summed E-state index contributed by atoms with van der Waals surface area (Å²) in [5.74, 6) is 0.253. The van der Waals surface area contributed by atoms with E-state index >= 15 is 0 Å². The average molecular weight is 386 g/mol. The second-order valence-electron chi connectivity index (χ2n) is 5.96. The van der Waals surface area contributed by atoms with Crippen molar-refractivity contribution >= 4 is 34.6 Å². The number of ketones is 1. The molecule has 6 heteroatoms. The lowest BCUT2D eigenvalue weighted by molar-refractivity contribution is 0.105. The zero-order valence-electron chi connectivity index (χ0n) is 14.3. The lowest BCUT2D eigenvalue weighted by atomic mass is 10.0. The van der Waals surface area contributed by atoms with Gasteiger partial charge in [0.2, 0.25) is 0 Å². The van der Waals surface area contributed by atoms with Gasteiger partial charge in [-0.05, 0) is 18.2 Å². The maximum atomic E-state index is 13.1. The molecule has 132 valence electrons. The van der Waals surface area contributed by atoms with Crippen molar-refractivity contribution in [1.29, 1.82) is 0 Å². The van der Waals surface area contributed by atoms with Gasteiger partial charge in [0.25, 0.3) is 0 Å². The smallest absolute Gasteiger partial charge is 0.199 e. The fourth-order valence-electron chi connectivity index (χ4n) is 2.52. The summed E-state index contributed by atoms with van der Waals surface area (Å²) in [7, 11) is 3.69. The molecule has 0 saturated carbocycles. The van der Waals surface area contributed by atoms with Gasteiger partial charge >= 0.3 is 0 Å². The molecule has 0 bridgehead atoms. The van der Waals surface area contributed by atoms with E-state index in [1.54, 1.807) is 35.5 Å². The molecule has 0 aliphatic carbocycles. The first-order valence-electron chi connectivity index (χ1n) is 7.95. The molecule has 2 aromatic carbocycles. The molecule has 0 aliphatic heterocycles. The van der Waals surface area contributed by atoms with Gasteiger partial charge in [-0.2, -0.15) is 0 Å². The highest BCUT2D eigenvalue weighted by atomic mass is 35.5. The quantitative estimate of drug-likeness (QED) is 0.486. The molecule has 1 heterocycles. The van der Waals surface area contributed by atoms with Gasteiger partial charge in [0.15, 0.2) is 5.78 Å². The molecular weight excluding hydrogens is 369 g/mol. The van der Waals surface area contributed by atoms with E-state index in [-0.39, 0.29) is 5.78 Å². The first-order valence-corrected chi connectivity index (χ1v) is 8.70. The minimum atomic E-state index is -0.227. The number of hydrogen-bond donors (Lipinski definition) is 1. The van der Waals surface area contributed by atoms with E-state index < -0.39 is 0 Å². The van der Waals surface area contributed by atoms with Crippen molar-refractivity contribution in [3.05, 3.63) is 82.4 Å². The van der Waals surface area contributed by atoms with Gasteiger partial charge in [0.05, 0.1) is 16.3 Å². The molecule has 26 heavy (non-hydrogen) atoms. The number of nitrogens with zero attached hydrogens (tertiary/aromatic N) is 2. The molecule has 0 unspecified atom stereocenters. The van der Waals surface area contributed by atoms with Gasteiger partial charge in [0, 0.05) is 42.6 Å². The summed E-state index contributed by atoms with van der Waals surface area (Å²) in [6.07, 6.45) is 3.51. The van der Waals surface area contributed by atoms with E-state index in [2.05, 4.69) is 9.97 Å². The SMILES string of the molecule is CN(C)C=C(C(=O)c1ccc(Cl)cc1Cl)c1nc(-c2ccccc2)c[nH]1. The van der Waals surface area contributed by atoms with E-state index in [0.29, 0.717) is 27.0 Å². The Hall–Kier alpha value is -2.56. The van der Waals surface area contributed by atoms with Crippen LogP contribution in [0.25, 0.3) is 16.8 Å². The lowest BCUT2D eigenvalue weighted by Crippen LogP contribution is -2.10. The minimum absolute atomic E-state index is 0.227. The zero-order chi connectivity index (χ0) is 18.7. The second-order valence-corrected chi connectivity index (χ2v) is 6.80. The monoisotopic (exact) mass is 385 g/mol. The highest BCUT2D eigenvalue weighted by Gasteiger charge is 2.20. The minimum Gasteiger partial charge on any atom is -0.383 e. The van der Waals surface area contributed by atoms with E-state index in [1.165, 1.54) is 0 Å². The fraction of sp³-hybridized carbons (Fsp3) is 0.100. The molecule has 0 fully saturated rings. The van der Waals surface area contributed by atoms with Crippen LogP contribution in [-0.2, 0) is 0 Å². The number of imidazole rings is 1. The van der Waals surface area contributed by atoms with Crippen molar-refractivity contribution in [2.45, 2.75) is 0 Å². The Bertz CT molecular complexity index is 962. The van der Waals surface area contributed by atoms with E-state index in [0.717, 1.165) is 11.3 Å². The molecule has 1 N–H and O–H groups in total. The Morgan fingerprint density at radius 2 is 1.85 bits per heavy atom. The van der Waals surface area contributed by atoms with Crippen molar-refractivity contribution in [2.24, 2.45) is 0 Å². The third-order valence-corrected chi connectivity index (χ3v) is 4.26. The largest absolute Gasteiger partial charge is 0.383 e.